The van der Waals surface area contributed by atoms with Gasteiger partial charge in [0.05, 0.1) is 0 Å². The van der Waals surface area contributed by atoms with Gasteiger partial charge < -0.3 is 9.80 Å². The Morgan fingerprint density at radius 3 is 2.52 bits per heavy atom. The number of likely N-dealkylation sites (tertiary alicyclic amines) is 1. The first-order chi connectivity index (χ1) is 13.1. The minimum atomic E-state index is 0.624. The summed E-state index contributed by atoms with van der Waals surface area (Å²) in [4.78, 5) is 5.38. The summed E-state index contributed by atoms with van der Waals surface area (Å²) in [7, 11) is 2.33. The maximum absolute atomic E-state index is 2.78. The molecule has 146 valence electrons. The Balaban J connectivity index is 1.52. The van der Waals surface area contributed by atoms with Gasteiger partial charge in [0.2, 0.25) is 0 Å². The van der Waals surface area contributed by atoms with Crippen molar-refractivity contribution >= 4 is 0 Å². The van der Waals surface area contributed by atoms with Crippen molar-refractivity contribution in [1.82, 2.24) is 9.80 Å². The highest BCUT2D eigenvalue weighted by molar-refractivity contribution is 5.37. The van der Waals surface area contributed by atoms with Gasteiger partial charge in [0.25, 0.3) is 0 Å². The zero-order valence-corrected chi connectivity index (χ0v) is 17.5. The van der Waals surface area contributed by atoms with Crippen LogP contribution in [0.3, 0.4) is 0 Å². The molecule has 2 heteroatoms. The molecule has 1 saturated heterocycles. The van der Waals surface area contributed by atoms with Crippen molar-refractivity contribution in [3.8, 4) is 0 Å². The SMILES string of the molecule is CC1=CC(C)CC=C1N(CC[C@H]1CCCCN1C)C1Cc2ccccc2C1. The van der Waals surface area contributed by atoms with E-state index in [9.17, 15) is 0 Å². The highest BCUT2D eigenvalue weighted by atomic mass is 15.2. The first-order valence-corrected chi connectivity index (χ1v) is 11.0. The second kappa shape index (κ2) is 8.22. The molecule has 0 radical (unpaired) electrons. The summed E-state index contributed by atoms with van der Waals surface area (Å²) in [6, 6.07) is 10.5. The van der Waals surface area contributed by atoms with Gasteiger partial charge in [-0.3, -0.25) is 0 Å². The first kappa shape index (κ1) is 18.8. The molecule has 1 aromatic rings. The number of allylic oxidation sites excluding steroid dienone is 3. The van der Waals surface area contributed by atoms with E-state index in [1.165, 1.54) is 69.3 Å². The van der Waals surface area contributed by atoms with Gasteiger partial charge in [0, 0.05) is 24.3 Å². The molecule has 0 amide bonds. The zero-order valence-electron chi connectivity index (χ0n) is 17.5. The monoisotopic (exact) mass is 364 g/mol. The summed E-state index contributed by atoms with van der Waals surface area (Å²) in [5.41, 5.74) is 6.13. The molecule has 2 atom stereocenters. The third-order valence-electron chi connectivity index (χ3n) is 7.03. The lowest BCUT2D eigenvalue weighted by molar-refractivity contribution is 0.152. The van der Waals surface area contributed by atoms with E-state index in [0.717, 1.165) is 6.04 Å². The number of hydrogen-bond donors (Lipinski definition) is 0. The molecular weight excluding hydrogens is 328 g/mol. The summed E-state index contributed by atoms with van der Waals surface area (Å²) in [6.45, 7) is 7.13. The molecule has 0 bridgehead atoms. The van der Waals surface area contributed by atoms with Crippen molar-refractivity contribution < 1.29 is 0 Å². The van der Waals surface area contributed by atoms with Crippen molar-refractivity contribution in [2.45, 2.75) is 70.9 Å². The quantitative estimate of drug-likeness (QED) is 0.708. The number of piperidine rings is 1. The third-order valence-corrected chi connectivity index (χ3v) is 7.03. The van der Waals surface area contributed by atoms with Gasteiger partial charge in [-0.25, -0.2) is 0 Å². The minimum absolute atomic E-state index is 0.624. The first-order valence-electron chi connectivity index (χ1n) is 11.0. The van der Waals surface area contributed by atoms with E-state index < -0.39 is 0 Å². The lowest BCUT2D eigenvalue weighted by atomic mass is 9.93. The van der Waals surface area contributed by atoms with Gasteiger partial charge in [-0.05, 0) is 81.7 Å². The standard InChI is InChI=1S/C25H36N2/c1-19-11-12-25(20(2)16-19)27(15-13-23-10-6-7-14-26(23)3)24-17-21-8-4-5-9-22(21)18-24/h4-5,8-9,12,16,19,23-24H,6-7,10-11,13-15,17-18H2,1-3H3/t19?,23-/m1/s1. The molecule has 4 rings (SSSR count). The molecule has 0 saturated carbocycles. The van der Waals surface area contributed by atoms with E-state index in [4.69, 9.17) is 0 Å². The molecule has 3 aliphatic rings. The number of nitrogens with zero attached hydrogens (tertiary/aromatic N) is 2. The third kappa shape index (κ3) is 4.16. The van der Waals surface area contributed by atoms with Gasteiger partial charge in [0.1, 0.15) is 0 Å². The molecule has 1 unspecified atom stereocenters. The lowest BCUT2D eigenvalue weighted by Crippen LogP contribution is -2.42. The molecule has 1 aromatic carbocycles. The number of fused-ring (bicyclic) bond motifs is 1. The van der Waals surface area contributed by atoms with Crippen molar-refractivity contribution in [2.75, 3.05) is 20.1 Å². The molecule has 27 heavy (non-hydrogen) atoms. The van der Waals surface area contributed by atoms with E-state index in [0.29, 0.717) is 12.0 Å². The van der Waals surface area contributed by atoms with E-state index in [1.807, 2.05) is 0 Å². The maximum Gasteiger partial charge on any atom is 0.0370 e. The summed E-state index contributed by atoms with van der Waals surface area (Å²) in [5.74, 6) is 0.681. The van der Waals surface area contributed by atoms with Gasteiger partial charge in [-0.15, -0.1) is 0 Å². The van der Waals surface area contributed by atoms with Crippen LogP contribution in [0.5, 0.6) is 0 Å². The molecule has 0 aromatic heterocycles. The van der Waals surface area contributed by atoms with Gasteiger partial charge in [-0.1, -0.05) is 49.8 Å². The molecule has 1 fully saturated rings. The fourth-order valence-electron chi connectivity index (χ4n) is 5.44. The molecule has 2 nitrogen and oxygen atoms in total. The lowest BCUT2D eigenvalue weighted by Gasteiger charge is -2.39. The molecule has 0 N–H and O–H groups in total. The smallest absolute Gasteiger partial charge is 0.0370 e. The number of rotatable bonds is 5. The van der Waals surface area contributed by atoms with Crippen LogP contribution in [-0.4, -0.2) is 42.0 Å². The predicted octanol–water partition coefficient (Wildman–Crippen LogP) is 5.20. The summed E-state index contributed by atoms with van der Waals surface area (Å²) < 4.78 is 0. The van der Waals surface area contributed by atoms with Crippen LogP contribution in [0.4, 0.5) is 0 Å². The Labute approximate surface area is 165 Å². The normalized spacial score (nSPS) is 26.5. The molecule has 2 aliphatic carbocycles. The van der Waals surface area contributed by atoms with E-state index in [2.05, 4.69) is 67.1 Å². The Morgan fingerprint density at radius 1 is 1.11 bits per heavy atom. The van der Waals surface area contributed by atoms with Crippen LogP contribution in [0.15, 0.2) is 47.7 Å². The minimum Gasteiger partial charge on any atom is -0.368 e. The summed E-state index contributed by atoms with van der Waals surface area (Å²) >= 11 is 0. The predicted molar refractivity (Wildman–Crippen MR) is 115 cm³/mol. The molecule has 1 aliphatic heterocycles. The average Bonchev–Trinajstić information content (AvgIpc) is 3.08. The van der Waals surface area contributed by atoms with Crippen LogP contribution in [-0.2, 0) is 12.8 Å². The fraction of sp³-hybridized carbons (Fsp3) is 0.600. The van der Waals surface area contributed by atoms with Crippen LogP contribution >= 0.6 is 0 Å². The highest BCUT2D eigenvalue weighted by Crippen LogP contribution is 2.33. The van der Waals surface area contributed by atoms with Crippen molar-refractivity contribution in [3.63, 3.8) is 0 Å². The van der Waals surface area contributed by atoms with Gasteiger partial charge in [-0.2, -0.15) is 0 Å². The molecule has 0 spiro atoms. The van der Waals surface area contributed by atoms with Crippen LogP contribution in [0.2, 0.25) is 0 Å². The van der Waals surface area contributed by atoms with Gasteiger partial charge in [0.15, 0.2) is 0 Å². The second-order valence-electron chi connectivity index (χ2n) is 9.10. The fourth-order valence-corrected chi connectivity index (χ4v) is 5.44. The largest absolute Gasteiger partial charge is 0.368 e. The van der Waals surface area contributed by atoms with Crippen LogP contribution in [0.1, 0.15) is 57.1 Å². The number of hydrogen-bond acceptors (Lipinski definition) is 2. The van der Waals surface area contributed by atoms with E-state index in [-0.39, 0.29) is 0 Å². The van der Waals surface area contributed by atoms with Gasteiger partial charge >= 0.3 is 0 Å². The zero-order chi connectivity index (χ0) is 18.8. The van der Waals surface area contributed by atoms with Crippen molar-refractivity contribution in [2.24, 2.45) is 5.92 Å². The summed E-state index contributed by atoms with van der Waals surface area (Å²) in [6.07, 6.45) is 14.1. The topological polar surface area (TPSA) is 6.48 Å². The molecular formula is C25H36N2. The van der Waals surface area contributed by atoms with Crippen LogP contribution in [0.25, 0.3) is 0 Å². The highest BCUT2D eigenvalue weighted by Gasteiger charge is 2.30. The average molecular weight is 365 g/mol. The Bertz CT molecular complexity index is 692. The Morgan fingerprint density at radius 2 is 1.85 bits per heavy atom. The second-order valence-corrected chi connectivity index (χ2v) is 9.10. The molecule has 1 heterocycles. The van der Waals surface area contributed by atoms with Crippen LogP contribution < -0.4 is 0 Å². The van der Waals surface area contributed by atoms with Crippen LogP contribution in [0, 0.1) is 5.92 Å². The Kier molecular flexibility index (Phi) is 5.73. The Hall–Kier alpha value is -1.54. The van der Waals surface area contributed by atoms with E-state index in [1.54, 1.807) is 11.1 Å². The van der Waals surface area contributed by atoms with Crippen molar-refractivity contribution in [3.05, 3.63) is 58.8 Å². The number of benzene rings is 1. The summed E-state index contributed by atoms with van der Waals surface area (Å²) in [5, 5.41) is 0. The van der Waals surface area contributed by atoms with Crippen molar-refractivity contribution in [1.29, 1.82) is 0 Å². The maximum atomic E-state index is 2.78. The van der Waals surface area contributed by atoms with E-state index >= 15 is 0 Å².